The number of nitrogens with two attached hydrogens (primary N) is 1. The van der Waals surface area contributed by atoms with Crippen molar-refractivity contribution >= 4 is 11.9 Å². The summed E-state index contributed by atoms with van der Waals surface area (Å²) in [7, 11) is 0. The third-order valence-electron chi connectivity index (χ3n) is 2.30. The number of benzene rings is 1. The molecule has 0 aliphatic carbocycles. The molecule has 1 aromatic heterocycles. The van der Waals surface area contributed by atoms with Gasteiger partial charge < -0.3 is 10.8 Å². The van der Waals surface area contributed by atoms with Gasteiger partial charge in [0.05, 0.1) is 11.9 Å². The second-order valence-electron chi connectivity index (χ2n) is 3.46. The maximum atomic E-state index is 12.8. The van der Waals surface area contributed by atoms with E-state index in [2.05, 4.69) is 5.10 Å². The normalized spacial score (nSPS) is 10.3. The number of carboxylic acid groups (broad SMARTS) is 1. The first-order valence-electron chi connectivity index (χ1n) is 4.87. The Balaban J connectivity index is 2.61. The van der Waals surface area contributed by atoms with Crippen LogP contribution in [0, 0.1) is 5.82 Å². The predicted octanol–water partition coefficient (Wildman–Crippen LogP) is 0.808. The topological polar surface area (TPSA) is 98.2 Å². The lowest BCUT2D eigenvalue weighted by molar-refractivity contribution is 0.0692. The Morgan fingerprint density at radius 1 is 1.28 bits per heavy atom. The Morgan fingerprint density at radius 2 is 1.89 bits per heavy atom. The van der Waals surface area contributed by atoms with Crippen LogP contribution in [0.15, 0.2) is 30.5 Å². The van der Waals surface area contributed by atoms with Gasteiger partial charge in [-0.1, -0.05) is 0 Å². The van der Waals surface area contributed by atoms with E-state index in [9.17, 15) is 14.0 Å². The number of rotatable bonds is 3. The van der Waals surface area contributed by atoms with Crippen molar-refractivity contribution in [2.75, 3.05) is 0 Å². The Bertz CT molecular complexity index is 619. The molecule has 1 heterocycles. The summed E-state index contributed by atoms with van der Waals surface area (Å²) in [6, 6.07) is 5.06. The average molecular weight is 249 g/mol. The molecule has 0 unspecified atom stereocenters. The van der Waals surface area contributed by atoms with Gasteiger partial charge in [0.1, 0.15) is 17.1 Å². The molecule has 0 saturated heterocycles. The van der Waals surface area contributed by atoms with Gasteiger partial charge in [0, 0.05) is 0 Å². The van der Waals surface area contributed by atoms with Gasteiger partial charge in [-0.3, -0.25) is 4.79 Å². The highest BCUT2D eigenvalue weighted by Gasteiger charge is 2.21. The summed E-state index contributed by atoms with van der Waals surface area (Å²) in [6.45, 7) is 0. The van der Waals surface area contributed by atoms with Crippen LogP contribution in [0.3, 0.4) is 0 Å². The zero-order valence-corrected chi connectivity index (χ0v) is 9.00. The minimum atomic E-state index is -1.31. The minimum Gasteiger partial charge on any atom is -0.478 e. The summed E-state index contributed by atoms with van der Waals surface area (Å²) in [5, 5.41) is 12.7. The fourth-order valence-corrected chi connectivity index (χ4v) is 1.52. The molecule has 0 bridgehead atoms. The number of nitrogens with zero attached hydrogens (tertiary/aromatic N) is 2. The largest absolute Gasteiger partial charge is 0.478 e. The summed E-state index contributed by atoms with van der Waals surface area (Å²) in [5.74, 6) is -2.68. The van der Waals surface area contributed by atoms with E-state index >= 15 is 0 Å². The molecule has 6 nitrogen and oxygen atoms in total. The zero-order valence-electron chi connectivity index (χ0n) is 9.00. The molecule has 0 aliphatic rings. The van der Waals surface area contributed by atoms with Gasteiger partial charge in [0.15, 0.2) is 0 Å². The maximum absolute atomic E-state index is 12.8. The van der Waals surface area contributed by atoms with Crippen LogP contribution >= 0.6 is 0 Å². The molecule has 2 rings (SSSR count). The molecule has 0 radical (unpaired) electrons. The molecule has 0 saturated carbocycles. The van der Waals surface area contributed by atoms with Gasteiger partial charge in [-0.2, -0.15) is 5.10 Å². The molecule has 1 aromatic carbocycles. The lowest BCUT2D eigenvalue weighted by atomic mass is 10.2. The summed E-state index contributed by atoms with van der Waals surface area (Å²) < 4.78 is 13.8. The maximum Gasteiger partial charge on any atom is 0.339 e. The number of carboxylic acids is 1. The molecule has 2 aromatic rings. The number of halogens is 1. The van der Waals surface area contributed by atoms with E-state index in [1.807, 2.05) is 0 Å². The van der Waals surface area contributed by atoms with Crippen LogP contribution < -0.4 is 5.73 Å². The van der Waals surface area contributed by atoms with Crippen LogP contribution in [0.1, 0.15) is 20.8 Å². The van der Waals surface area contributed by atoms with Gasteiger partial charge in [-0.05, 0) is 24.3 Å². The zero-order chi connectivity index (χ0) is 13.3. The highest BCUT2D eigenvalue weighted by molar-refractivity contribution is 6.03. The first-order chi connectivity index (χ1) is 8.50. The van der Waals surface area contributed by atoms with Crippen molar-refractivity contribution in [2.45, 2.75) is 0 Å². The van der Waals surface area contributed by atoms with E-state index in [-0.39, 0.29) is 11.3 Å². The van der Waals surface area contributed by atoms with Crippen molar-refractivity contribution in [1.82, 2.24) is 9.78 Å². The van der Waals surface area contributed by atoms with Crippen LogP contribution in [-0.2, 0) is 0 Å². The highest BCUT2D eigenvalue weighted by Crippen LogP contribution is 2.15. The van der Waals surface area contributed by atoms with Crippen molar-refractivity contribution in [2.24, 2.45) is 5.73 Å². The predicted molar refractivity (Wildman–Crippen MR) is 59.0 cm³/mol. The lowest BCUT2D eigenvalue weighted by Crippen LogP contribution is -2.20. The van der Waals surface area contributed by atoms with Crippen molar-refractivity contribution in [1.29, 1.82) is 0 Å². The van der Waals surface area contributed by atoms with Crippen LogP contribution in [-0.4, -0.2) is 26.8 Å². The third kappa shape index (κ3) is 1.93. The van der Waals surface area contributed by atoms with Gasteiger partial charge in [0.25, 0.3) is 5.91 Å². The van der Waals surface area contributed by atoms with Gasteiger partial charge in [-0.25, -0.2) is 13.9 Å². The van der Waals surface area contributed by atoms with Crippen LogP contribution in [0.4, 0.5) is 4.39 Å². The van der Waals surface area contributed by atoms with Crippen LogP contribution in [0.5, 0.6) is 0 Å². The smallest absolute Gasteiger partial charge is 0.339 e. The highest BCUT2D eigenvalue weighted by atomic mass is 19.1. The summed E-state index contributed by atoms with van der Waals surface area (Å²) in [5.41, 5.74) is 4.92. The van der Waals surface area contributed by atoms with Crippen LogP contribution in [0.2, 0.25) is 0 Å². The number of carbonyl (C=O) groups excluding carboxylic acids is 1. The van der Waals surface area contributed by atoms with Gasteiger partial charge in [0.2, 0.25) is 0 Å². The first-order valence-corrected chi connectivity index (χ1v) is 4.87. The van der Waals surface area contributed by atoms with E-state index in [1.165, 1.54) is 24.3 Å². The molecule has 0 spiro atoms. The van der Waals surface area contributed by atoms with Crippen molar-refractivity contribution in [3.8, 4) is 5.69 Å². The second-order valence-corrected chi connectivity index (χ2v) is 3.46. The fraction of sp³-hybridized carbons (Fsp3) is 0. The summed E-state index contributed by atoms with van der Waals surface area (Å²) >= 11 is 0. The first kappa shape index (κ1) is 11.8. The molecule has 7 heteroatoms. The third-order valence-corrected chi connectivity index (χ3v) is 2.30. The molecule has 92 valence electrons. The SMILES string of the molecule is NC(=O)c1c(C(=O)O)cnn1-c1ccc(F)cc1. The number of aromatic carboxylic acids is 1. The summed E-state index contributed by atoms with van der Waals surface area (Å²) in [6.07, 6.45) is 1.02. The summed E-state index contributed by atoms with van der Waals surface area (Å²) in [4.78, 5) is 22.2. The quantitative estimate of drug-likeness (QED) is 0.840. The number of hydrogen-bond acceptors (Lipinski definition) is 3. The van der Waals surface area contributed by atoms with E-state index < -0.39 is 17.7 Å². The Labute approximate surface area is 100 Å². The van der Waals surface area contributed by atoms with E-state index in [1.54, 1.807) is 0 Å². The number of amides is 1. The number of hydrogen-bond donors (Lipinski definition) is 2. The van der Waals surface area contributed by atoms with Crippen LogP contribution in [0.25, 0.3) is 5.69 Å². The molecular weight excluding hydrogens is 241 g/mol. The number of aromatic nitrogens is 2. The average Bonchev–Trinajstić information content (AvgIpc) is 2.74. The molecule has 0 fully saturated rings. The second kappa shape index (κ2) is 4.28. The number of carbonyl (C=O) groups is 2. The molecule has 0 aliphatic heterocycles. The van der Waals surface area contributed by atoms with Crippen molar-refractivity contribution in [3.63, 3.8) is 0 Å². The monoisotopic (exact) mass is 249 g/mol. The van der Waals surface area contributed by atoms with Crippen molar-refractivity contribution < 1.29 is 19.1 Å². The minimum absolute atomic E-state index is 0.255. The molecule has 0 atom stereocenters. The number of primary amides is 1. The lowest BCUT2D eigenvalue weighted by Gasteiger charge is -2.05. The van der Waals surface area contributed by atoms with E-state index in [0.29, 0.717) is 5.69 Å². The molecule has 18 heavy (non-hydrogen) atoms. The Hall–Kier alpha value is -2.70. The Kier molecular flexibility index (Phi) is 2.80. The Morgan fingerprint density at radius 3 is 2.39 bits per heavy atom. The van der Waals surface area contributed by atoms with E-state index in [4.69, 9.17) is 10.8 Å². The van der Waals surface area contributed by atoms with Gasteiger partial charge >= 0.3 is 5.97 Å². The van der Waals surface area contributed by atoms with Crippen molar-refractivity contribution in [3.05, 3.63) is 47.5 Å². The molecule has 3 N–H and O–H groups in total. The van der Waals surface area contributed by atoms with E-state index in [0.717, 1.165) is 10.9 Å². The molecular formula is C11H8FN3O3. The van der Waals surface area contributed by atoms with Gasteiger partial charge in [-0.15, -0.1) is 0 Å². The fourth-order valence-electron chi connectivity index (χ4n) is 1.52. The standard InChI is InChI=1S/C11H8FN3O3/c12-6-1-3-7(4-2-6)15-9(10(13)16)8(5-14-15)11(17)18/h1-5H,(H2,13,16)(H,17,18). The molecule has 1 amide bonds.